The lowest BCUT2D eigenvalue weighted by atomic mass is 9.74. The van der Waals surface area contributed by atoms with Crippen molar-refractivity contribution in [2.24, 2.45) is 11.3 Å². The Morgan fingerprint density at radius 3 is 2.52 bits per heavy atom. The van der Waals surface area contributed by atoms with E-state index in [1.165, 1.54) is 5.56 Å². The second kappa shape index (κ2) is 8.29. The van der Waals surface area contributed by atoms with Crippen LogP contribution in [-0.2, 0) is 4.79 Å². The van der Waals surface area contributed by atoms with Crippen LogP contribution >= 0.6 is 0 Å². The summed E-state index contributed by atoms with van der Waals surface area (Å²) >= 11 is 0. The molecule has 2 aliphatic heterocycles. The van der Waals surface area contributed by atoms with Gasteiger partial charge in [-0.2, -0.15) is 0 Å². The van der Waals surface area contributed by atoms with Crippen molar-refractivity contribution in [1.29, 1.82) is 0 Å². The highest BCUT2D eigenvalue weighted by Gasteiger charge is 2.54. The van der Waals surface area contributed by atoms with Gasteiger partial charge in [-0.25, -0.2) is 9.97 Å². The number of nitrogens with zero attached hydrogens (tertiary/aromatic N) is 5. The Labute approximate surface area is 184 Å². The van der Waals surface area contributed by atoms with Gasteiger partial charge in [-0.15, -0.1) is 0 Å². The van der Waals surface area contributed by atoms with E-state index in [9.17, 15) is 9.59 Å². The summed E-state index contributed by atoms with van der Waals surface area (Å²) in [5.74, 6) is 0.861. The van der Waals surface area contributed by atoms with Gasteiger partial charge in [0.25, 0.3) is 5.91 Å². The van der Waals surface area contributed by atoms with Crippen molar-refractivity contribution >= 4 is 17.8 Å². The predicted molar refractivity (Wildman–Crippen MR) is 120 cm³/mol. The van der Waals surface area contributed by atoms with E-state index in [4.69, 9.17) is 0 Å². The summed E-state index contributed by atoms with van der Waals surface area (Å²) in [6, 6.07) is 7.68. The summed E-state index contributed by atoms with van der Waals surface area (Å²) in [6.07, 6.45) is 5.02. The molecule has 0 N–H and O–H groups in total. The second-order valence-corrected chi connectivity index (χ2v) is 9.14. The van der Waals surface area contributed by atoms with Crippen molar-refractivity contribution in [2.45, 2.75) is 26.7 Å². The quantitative estimate of drug-likeness (QED) is 0.762. The van der Waals surface area contributed by atoms with Gasteiger partial charge < -0.3 is 14.7 Å². The molecule has 0 bridgehead atoms. The Morgan fingerprint density at radius 2 is 1.84 bits per heavy atom. The molecule has 164 valence electrons. The molecule has 4 rings (SSSR count). The Bertz CT molecular complexity index is 977. The van der Waals surface area contributed by atoms with Crippen molar-refractivity contribution in [3.8, 4) is 0 Å². The molecular formula is C24H31N5O2. The number of anilines is 1. The number of aromatic nitrogens is 2. The molecule has 0 aliphatic carbocycles. The number of likely N-dealkylation sites (tertiary alicyclic amines) is 1. The average molecular weight is 422 g/mol. The number of carbonyl (C=O) groups is 2. The summed E-state index contributed by atoms with van der Waals surface area (Å²) in [6.45, 7) is 6.57. The molecule has 31 heavy (non-hydrogen) atoms. The molecule has 2 saturated heterocycles. The van der Waals surface area contributed by atoms with Gasteiger partial charge in [-0.1, -0.05) is 6.07 Å². The Kier molecular flexibility index (Phi) is 5.69. The summed E-state index contributed by atoms with van der Waals surface area (Å²) in [7, 11) is 3.64. The van der Waals surface area contributed by atoms with E-state index in [1.807, 2.05) is 44.1 Å². The SMILES string of the molecule is Cc1ccc(C(=O)N2CCC[C@]3(C(=O)N(C)C)CN(c4ncccn4)C[C@@H]3C2)cc1C. The minimum absolute atomic E-state index is 0.0317. The topological polar surface area (TPSA) is 69.6 Å². The van der Waals surface area contributed by atoms with Gasteiger partial charge in [0.15, 0.2) is 0 Å². The molecule has 7 nitrogen and oxygen atoms in total. The van der Waals surface area contributed by atoms with Gasteiger partial charge in [0.2, 0.25) is 11.9 Å². The van der Waals surface area contributed by atoms with Crippen molar-refractivity contribution < 1.29 is 9.59 Å². The molecule has 2 aliphatic rings. The van der Waals surface area contributed by atoms with Crippen molar-refractivity contribution in [3.63, 3.8) is 0 Å². The largest absolute Gasteiger partial charge is 0.348 e. The van der Waals surface area contributed by atoms with E-state index in [1.54, 1.807) is 23.4 Å². The minimum Gasteiger partial charge on any atom is -0.348 e. The predicted octanol–water partition coefficient (Wildman–Crippen LogP) is 2.54. The molecule has 3 heterocycles. The van der Waals surface area contributed by atoms with Gasteiger partial charge in [0.1, 0.15) is 0 Å². The van der Waals surface area contributed by atoms with E-state index < -0.39 is 5.41 Å². The molecule has 1 aromatic carbocycles. The van der Waals surface area contributed by atoms with Crippen LogP contribution in [0.1, 0.15) is 34.3 Å². The highest BCUT2D eigenvalue weighted by molar-refractivity contribution is 5.94. The maximum atomic E-state index is 13.4. The molecule has 1 aromatic heterocycles. The monoisotopic (exact) mass is 421 g/mol. The van der Waals surface area contributed by atoms with Crippen LogP contribution in [0.2, 0.25) is 0 Å². The lowest BCUT2D eigenvalue weighted by molar-refractivity contribution is -0.141. The van der Waals surface area contributed by atoms with E-state index in [-0.39, 0.29) is 17.7 Å². The lowest BCUT2D eigenvalue weighted by Gasteiger charge is -2.34. The molecule has 0 spiro atoms. The van der Waals surface area contributed by atoms with Crippen molar-refractivity contribution in [2.75, 3.05) is 45.2 Å². The minimum atomic E-state index is -0.527. The third-order valence-corrected chi connectivity index (χ3v) is 6.90. The zero-order chi connectivity index (χ0) is 22.2. The molecule has 0 saturated carbocycles. The molecule has 7 heteroatoms. The lowest BCUT2D eigenvalue weighted by Crippen LogP contribution is -2.47. The first kappa shape index (κ1) is 21.3. The molecule has 2 amide bonds. The van der Waals surface area contributed by atoms with Crippen LogP contribution in [0.4, 0.5) is 5.95 Å². The smallest absolute Gasteiger partial charge is 0.253 e. The maximum Gasteiger partial charge on any atom is 0.253 e. The van der Waals surface area contributed by atoms with Crippen LogP contribution in [0.25, 0.3) is 0 Å². The number of hydrogen-bond acceptors (Lipinski definition) is 5. The van der Waals surface area contributed by atoms with Crippen LogP contribution in [0.5, 0.6) is 0 Å². The highest BCUT2D eigenvalue weighted by atomic mass is 16.2. The van der Waals surface area contributed by atoms with E-state index in [2.05, 4.69) is 21.8 Å². The summed E-state index contributed by atoms with van der Waals surface area (Å²) in [5.41, 5.74) is 2.49. The number of aryl methyl sites for hydroxylation is 2. The first-order valence-corrected chi connectivity index (χ1v) is 10.9. The molecule has 0 unspecified atom stereocenters. The highest BCUT2D eigenvalue weighted by Crippen LogP contribution is 2.44. The average Bonchev–Trinajstić information content (AvgIpc) is 3.04. The van der Waals surface area contributed by atoms with E-state index in [0.717, 1.165) is 24.0 Å². The van der Waals surface area contributed by atoms with Gasteiger partial charge in [0.05, 0.1) is 5.41 Å². The van der Waals surface area contributed by atoms with Crippen LogP contribution in [0.15, 0.2) is 36.7 Å². The Balaban J connectivity index is 1.64. The number of carbonyl (C=O) groups excluding carboxylic acids is 2. The molecular weight excluding hydrogens is 390 g/mol. The molecule has 2 fully saturated rings. The fourth-order valence-corrected chi connectivity index (χ4v) is 5.08. The van der Waals surface area contributed by atoms with Gasteiger partial charge in [-0.05, 0) is 56.0 Å². The van der Waals surface area contributed by atoms with Gasteiger partial charge >= 0.3 is 0 Å². The van der Waals surface area contributed by atoms with E-state index >= 15 is 0 Å². The fraction of sp³-hybridized carbons (Fsp3) is 0.500. The Morgan fingerprint density at radius 1 is 1.10 bits per heavy atom. The zero-order valence-electron chi connectivity index (χ0n) is 18.8. The number of fused-ring (bicyclic) bond motifs is 1. The van der Waals surface area contributed by atoms with E-state index in [0.29, 0.717) is 32.1 Å². The van der Waals surface area contributed by atoms with Crippen molar-refractivity contribution in [1.82, 2.24) is 19.8 Å². The van der Waals surface area contributed by atoms with Crippen molar-refractivity contribution in [3.05, 3.63) is 53.3 Å². The first-order chi connectivity index (χ1) is 14.8. The first-order valence-electron chi connectivity index (χ1n) is 10.9. The standard InChI is InChI=1S/C24H31N5O2/c1-17-7-8-19(13-18(17)2)21(30)28-12-5-9-24(22(31)27(3)4)16-29(15-20(24)14-28)23-25-10-6-11-26-23/h6-8,10-11,13,20H,5,9,12,14-16H2,1-4H3/t20-,24-/m0/s1. The zero-order valence-corrected chi connectivity index (χ0v) is 18.8. The molecule has 0 radical (unpaired) electrons. The van der Waals surface area contributed by atoms with Crippen LogP contribution in [-0.4, -0.2) is 71.9 Å². The number of amides is 2. The second-order valence-electron chi connectivity index (χ2n) is 9.14. The van der Waals surface area contributed by atoms with Crippen LogP contribution < -0.4 is 4.90 Å². The van der Waals surface area contributed by atoms with Crippen LogP contribution in [0.3, 0.4) is 0 Å². The number of benzene rings is 1. The third-order valence-electron chi connectivity index (χ3n) is 6.90. The fourth-order valence-electron chi connectivity index (χ4n) is 5.08. The summed E-state index contributed by atoms with van der Waals surface area (Å²) in [4.78, 5) is 41.3. The summed E-state index contributed by atoms with van der Waals surface area (Å²) < 4.78 is 0. The number of rotatable bonds is 3. The maximum absolute atomic E-state index is 13.4. The Hall–Kier alpha value is -2.96. The normalized spacial score (nSPS) is 23.3. The third kappa shape index (κ3) is 3.89. The van der Waals surface area contributed by atoms with Gasteiger partial charge in [-0.3, -0.25) is 9.59 Å². The van der Waals surface area contributed by atoms with Crippen LogP contribution in [0, 0.1) is 25.2 Å². The summed E-state index contributed by atoms with van der Waals surface area (Å²) in [5, 5.41) is 0. The van der Waals surface area contributed by atoms with Gasteiger partial charge in [0, 0.05) is 64.1 Å². The molecule has 2 atom stereocenters. The molecule has 2 aromatic rings. The number of hydrogen-bond donors (Lipinski definition) is 0.